The molecule has 1 aromatic carbocycles. The fourth-order valence-electron chi connectivity index (χ4n) is 1.22. The highest BCUT2D eigenvalue weighted by molar-refractivity contribution is 9.11. The molecule has 3 N–H and O–H groups in total. The first kappa shape index (κ1) is 16.6. The Balaban J connectivity index is 2.74. The summed E-state index contributed by atoms with van der Waals surface area (Å²) in [5, 5.41) is 17.5. The Morgan fingerprint density at radius 3 is 2.53 bits per heavy atom. The molecule has 1 atom stereocenters. The van der Waals surface area contributed by atoms with Crippen molar-refractivity contribution in [3.63, 3.8) is 0 Å². The van der Waals surface area contributed by atoms with E-state index in [1.54, 1.807) is 12.1 Å². The number of nitrogens with one attached hydrogen (secondary N) is 1. The van der Waals surface area contributed by atoms with Crippen LogP contribution in [0.1, 0.15) is 6.42 Å². The van der Waals surface area contributed by atoms with Crippen molar-refractivity contribution in [2.45, 2.75) is 17.4 Å². The minimum Gasteiger partial charge on any atom is -0.479 e. The van der Waals surface area contributed by atoms with E-state index in [1.807, 2.05) is 0 Å². The van der Waals surface area contributed by atoms with Crippen molar-refractivity contribution in [2.24, 2.45) is 0 Å². The van der Waals surface area contributed by atoms with Gasteiger partial charge in [0.2, 0.25) is 10.0 Å². The molecule has 106 valence electrons. The van der Waals surface area contributed by atoms with Crippen LogP contribution in [0.4, 0.5) is 0 Å². The molecule has 9 heteroatoms. The summed E-state index contributed by atoms with van der Waals surface area (Å²) in [4.78, 5) is 10.4. The molecule has 0 fully saturated rings. The van der Waals surface area contributed by atoms with Gasteiger partial charge in [0.1, 0.15) is 0 Å². The van der Waals surface area contributed by atoms with Crippen molar-refractivity contribution in [1.82, 2.24) is 4.72 Å². The second kappa shape index (κ2) is 6.80. The Morgan fingerprint density at radius 2 is 2.00 bits per heavy atom. The number of carbonyl (C=O) groups is 1. The predicted molar refractivity (Wildman–Crippen MR) is 75.3 cm³/mol. The molecule has 0 aliphatic carbocycles. The molecule has 0 aliphatic heterocycles. The van der Waals surface area contributed by atoms with E-state index in [9.17, 15) is 13.2 Å². The standard InChI is InChI=1S/C10H11Br2NO5S/c11-6-1-2-9(7(12)5-6)19(17,18)13-4-3-8(14)10(15)16/h1-2,5,8,13-14H,3-4H2,(H,15,16)/t8-/m0/s1. The zero-order valence-electron chi connectivity index (χ0n) is 9.51. The lowest BCUT2D eigenvalue weighted by Gasteiger charge is -2.10. The zero-order chi connectivity index (χ0) is 14.6. The second-order valence-corrected chi connectivity index (χ2v) is 7.12. The number of sulfonamides is 1. The van der Waals surface area contributed by atoms with Gasteiger partial charge in [-0.05, 0) is 40.5 Å². The second-order valence-electron chi connectivity index (χ2n) is 3.62. The van der Waals surface area contributed by atoms with Crippen LogP contribution >= 0.6 is 31.9 Å². The molecule has 1 aromatic rings. The van der Waals surface area contributed by atoms with E-state index >= 15 is 0 Å². The number of carboxylic acids is 1. The minimum absolute atomic E-state index is 0.0421. The molecule has 6 nitrogen and oxygen atoms in total. The number of aliphatic hydroxyl groups excluding tert-OH is 1. The van der Waals surface area contributed by atoms with Gasteiger partial charge in [0.15, 0.2) is 6.10 Å². The van der Waals surface area contributed by atoms with Crippen LogP contribution in [0.25, 0.3) is 0 Å². The molecule has 1 rings (SSSR count). The molecule has 0 saturated carbocycles. The molecular formula is C10H11Br2NO5S. The van der Waals surface area contributed by atoms with E-state index in [4.69, 9.17) is 10.2 Å². The number of carboxylic acid groups (broad SMARTS) is 1. The molecular weight excluding hydrogens is 406 g/mol. The molecule has 0 spiro atoms. The van der Waals surface area contributed by atoms with Crippen molar-refractivity contribution in [3.05, 3.63) is 27.1 Å². The number of hydrogen-bond acceptors (Lipinski definition) is 4. The molecule has 0 radical (unpaired) electrons. The Kier molecular flexibility index (Phi) is 5.93. The number of halogens is 2. The fourth-order valence-corrected chi connectivity index (χ4v) is 4.02. The van der Waals surface area contributed by atoms with Crippen LogP contribution in [-0.2, 0) is 14.8 Å². The van der Waals surface area contributed by atoms with Crippen molar-refractivity contribution in [1.29, 1.82) is 0 Å². The van der Waals surface area contributed by atoms with Crippen molar-refractivity contribution in [2.75, 3.05) is 6.54 Å². The van der Waals surface area contributed by atoms with Crippen LogP contribution in [0.2, 0.25) is 0 Å². The SMILES string of the molecule is O=C(O)[C@@H](O)CCNS(=O)(=O)c1ccc(Br)cc1Br. The van der Waals surface area contributed by atoms with Gasteiger partial charge < -0.3 is 10.2 Å². The molecule has 0 saturated heterocycles. The molecule has 0 aliphatic rings. The monoisotopic (exact) mass is 415 g/mol. The third-order valence-electron chi connectivity index (χ3n) is 2.18. The summed E-state index contributed by atoms with van der Waals surface area (Å²) in [6, 6.07) is 4.57. The van der Waals surface area contributed by atoms with E-state index in [1.165, 1.54) is 6.07 Å². The molecule has 0 heterocycles. The first-order valence-electron chi connectivity index (χ1n) is 5.09. The van der Waals surface area contributed by atoms with Gasteiger partial charge in [-0.25, -0.2) is 17.9 Å². The third kappa shape index (κ3) is 4.84. The molecule has 0 aromatic heterocycles. The van der Waals surface area contributed by atoms with Gasteiger partial charge in [0, 0.05) is 15.5 Å². The maximum atomic E-state index is 11.9. The van der Waals surface area contributed by atoms with E-state index in [-0.39, 0.29) is 17.9 Å². The number of benzene rings is 1. The lowest BCUT2D eigenvalue weighted by molar-refractivity contribution is -0.146. The minimum atomic E-state index is -3.75. The van der Waals surface area contributed by atoms with Crippen LogP contribution in [0.5, 0.6) is 0 Å². The number of aliphatic hydroxyl groups is 1. The van der Waals surface area contributed by atoms with E-state index < -0.39 is 22.1 Å². The summed E-state index contributed by atoms with van der Waals surface area (Å²) in [5.74, 6) is -1.39. The molecule has 19 heavy (non-hydrogen) atoms. The fraction of sp³-hybridized carbons (Fsp3) is 0.300. The average molecular weight is 417 g/mol. The summed E-state index contributed by atoms with van der Waals surface area (Å²) in [7, 11) is -3.75. The normalized spacial score (nSPS) is 13.2. The van der Waals surface area contributed by atoms with Crippen LogP contribution < -0.4 is 4.72 Å². The van der Waals surface area contributed by atoms with Crippen molar-refractivity contribution >= 4 is 47.9 Å². The predicted octanol–water partition coefficient (Wildman–Crippen LogP) is 1.33. The highest BCUT2D eigenvalue weighted by Crippen LogP contribution is 2.25. The smallest absolute Gasteiger partial charge is 0.332 e. The molecule has 0 amide bonds. The largest absolute Gasteiger partial charge is 0.479 e. The van der Waals surface area contributed by atoms with E-state index in [0.717, 1.165) is 4.47 Å². The highest BCUT2D eigenvalue weighted by Gasteiger charge is 2.19. The van der Waals surface area contributed by atoms with Crippen LogP contribution in [0.3, 0.4) is 0 Å². The van der Waals surface area contributed by atoms with Gasteiger partial charge in [0.25, 0.3) is 0 Å². The van der Waals surface area contributed by atoms with Gasteiger partial charge in [-0.15, -0.1) is 0 Å². The van der Waals surface area contributed by atoms with Crippen LogP contribution in [0.15, 0.2) is 32.0 Å². The third-order valence-corrected chi connectivity index (χ3v) is 5.11. The zero-order valence-corrected chi connectivity index (χ0v) is 13.5. The van der Waals surface area contributed by atoms with Gasteiger partial charge in [-0.2, -0.15) is 0 Å². The maximum Gasteiger partial charge on any atom is 0.332 e. The van der Waals surface area contributed by atoms with Gasteiger partial charge in [-0.1, -0.05) is 15.9 Å². The van der Waals surface area contributed by atoms with Crippen molar-refractivity contribution in [3.8, 4) is 0 Å². The topological polar surface area (TPSA) is 104 Å². The Bertz CT molecular complexity index is 575. The Hall–Kier alpha value is -0.480. The summed E-state index contributed by atoms with van der Waals surface area (Å²) in [5.41, 5.74) is 0. The maximum absolute atomic E-state index is 11.9. The van der Waals surface area contributed by atoms with Gasteiger partial charge >= 0.3 is 5.97 Å². The first-order chi connectivity index (χ1) is 8.74. The lowest BCUT2D eigenvalue weighted by atomic mass is 10.3. The highest BCUT2D eigenvalue weighted by atomic mass is 79.9. The van der Waals surface area contributed by atoms with E-state index in [2.05, 4.69) is 36.6 Å². The number of hydrogen-bond donors (Lipinski definition) is 3. The quantitative estimate of drug-likeness (QED) is 0.648. The molecule has 0 unspecified atom stereocenters. The van der Waals surface area contributed by atoms with Crippen LogP contribution in [0, 0.1) is 0 Å². The first-order valence-corrected chi connectivity index (χ1v) is 8.16. The summed E-state index contributed by atoms with van der Waals surface area (Å²) >= 11 is 6.34. The van der Waals surface area contributed by atoms with Crippen molar-refractivity contribution < 1.29 is 23.4 Å². The molecule has 0 bridgehead atoms. The lowest BCUT2D eigenvalue weighted by Crippen LogP contribution is -2.30. The van der Waals surface area contributed by atoms with Gasteiger partial charge in [0.05, 0.1) is 4.90 Å². The average Bonchev–Trinajstić information content (AvgIpc) is 2.27. The van der Waals surface area contributed by atoms with Gasteiger partial charge in [-0.3, -0.25) is 0 Å². The summed E-state index contributed by atoms with van der Waals surface area (Å²) < 4.78 is 27.2. The Labute approximate surface area is 127 Å². The van der Waals surface area contributed by atoms with Crippen LogP contribution in [-0.4, -0.2) is 37.2 Å². The Morgan fingerprint density at radius 1 is 1.37 bits per heavy atom. The summed E-state index contributed by atoms with van der Waals surface area (Å²) in [6.45, 7) is -0.168. The number of aliphatic carboxylic acids is 1. The summed E-state index contributed by atoms with van der Waals surface area (Å²) in [6.07, 6.45) is -1.79. The van der Waals surface area contributed by atoms with E-state index in [0.29, 0.717) is 4.47 Å². The number of rotatable bonds is 6.